The summed E-state index contributed by atoms with van der Waals surface area (Å²) < 4.78 is 7.73. The van der Waals surface area contributed by atoms with Crippen molar-refractivity contribution in [1.82, 2.24) is 24.6 Å². The minimum absolute atomic E-state index is 0.00284. The van der Waals surface area contributed by atoms with Crippen LogP contribution in [0.4, 0.5) is 0 Å². The molecular weight excluding hydrogens is 354 g/mol. The second-order valence-corrected chi connectivity index (χ2v) is 7.11. The third kappa shape index (κ3) is 3.74. The summed E-state index contributed by atoms with van der Waals surface area (Å²) in [4.78, 5) is 23.7. The van der Waals surface area contributed by atoms with Gasteiger partial charge in [0.05, 0.1) is 11.8 Å². The molecule has 28 heavy (non-hydrogen) atoms. The highest BCUT2D eigenvalue weighted by Gasteiger charge is 2.29. The molecule has 2 aromatic heterocycles. The normalized spacial score (nSPS) is 16.8. The first-order valence-corrected chi connectivity index (χ1v) is 9.44. The lowest BCUT2D eigenvalue weighted by Gasteiger charge is -2.32. The smallest absolute Gasteiger partial charge is 0.257 e. The summed E-state index contributed by atoms with van der Waals surface area (Å²) in [5, 5.41) is 4.11. The second-order valence-electron chi connectivity index (χ2n) is 7.11. The van der Waals surface area contributed by atoms with Crippen LogP contribution in [-0.4, -0.2) is 43.6 Å². The summed E-state index contributed by atoms with van der Waals surface area (Å²) in [5.41, 5.74) is 2.45. The van der Waals surface area contributed by atoms with E-state index in [2.05, 4.69) is 15.1 Å². The maximum absolute atomic E-state index is 12.8. The molecule has 1 fully saturated rings. The number of rotatable bonds is 4. The average Bonchev–Trinajstić information content (AvgIpc) is 3.16. The van der Waals surface area contributed by atoms with E-state index in [0.29, 0.717) is 18.0 Å². The number of amides is 1. The number of piperidine rings is 1. The van der Waals surface area contributed by atoms with Crippen molar-refractivity contribution in [2.45, 2.75) is 25.7 Å². The van der Waals surface area contributed by atoms with E-state index in [1.54, 1.807) is 29.5 Å². The third-order valence-electron chi connectivity index (χ3n) is 5.04. The van der Waals surface area contributed by atoms with Crippen LogP contribution in [0.25, 0.3) is 0 Å². The molecule has 0 radical (unpaired) electrons. The van der Waals surface area contributed by atoms with E-state index in [1.807, 2.05) is 43.1 Å². The molecule has 0 aliphatic carbocycles. The van der Waals surface area contributed by atoms with Crippen molar-refractivity contribution in [1.29, 1.82) is 0 Å². The van der Waals surface area contributed by atoms with Crippen molar-refractivity contribution in [2.24, 2.45) is 7.05 Å². The van der Waals surface area contributed by atoms with Gasteiger partial charge in [-0.1, -0.05) is 18.2 Å². The zero-order valence-electron chi connectivity index (χ0n) is 16.1. The Hall–Kier alpha value is -3.22. The van der Waals surface area contributed by atoms with Crippen LogP contribution < -0.4 is 4.74 Å². The van der Waals surface area contributed by atoms with Crippen molar-refractivity contribution in [2.75, 3.05) is 13.1 Å². The number of carbonyl (C=O) groups is 1. The first-order chi connectivity index (χ1) is 13.6. The molecule has 4 rings (SSSR count). The first kappa shape index (κ1) is 18.2. The summed E-state index contributed by atoms with van der Waals surface area (Å²) in [6.45, 7) is 3.33. The molecule has 7 nitrogen and oxygen atoms in total. The number of aromatic nitrogens is 4. The highest BCUT2D eigenvalue weighted by atomic mass is 16.5. The number of nitrogens with zero attached hydrogens (tertiary/aromatic N) is 5. The van der Waals surface area contributed by atoms with E-state index >= 15 is 0 Å². The van der Waals surface area contributed by atoms with E-state index in [-0.39, 0.29) is 11.8 Å². The topological polar surface area (TPSA) is 73.1 Å². The number of para-hydroxylation sites is 1. The standard InChI is InChI=1S/C21H23N5O2/c1-15-6-3-4-8-18(15)28-20-19(22-9-10-23-20)16-7-5-11-26(14-16)21(27)17-12-24-25(2)13-17/h3-4,6,8-10,12-13,16H,5,7,11,14H2,1-2H3/t16-/m1/s1. The van der Waals surface area contributed by atoms with Crippen molar-refractivity contribution in [3.8, 4) is 11.6 Å². The van der Waals surface area contributed by atoms with Crippen molar-refractivity contribution < 1.29 is 9.53 Å². The molecule has 1 aromatic carbocycles. The molecule has 3 aromatic rings. The van der Waals surface area contributed by atoms with Gasteiger partial charge in [0.25, 0.3) is 5.91 Å². The van der Waals surface area contributed by atoms with Gasteiger partial charge in [-0.25, -0.2) is 4.98 Å². The summed E-state index contributed by atoms with van der Waals surface area (Å²) in [7, 11) is 1.81. The Morgan fingerprint density at radius 3 is 2.82 bits per heavy atom. The number of benzene rings is 1. The van der Waals surface area contributed by atoms with Gasteiger partial charge >= 0.3 is 0 Å². The van der Waals surface area contributed by atoms with Crippen LogP contribution >= 0.6 is 0 Å². The number of hydrogen-bond donors (Lipinski definition) is 0. The van der Waals surface area contributed by atoms with Crippen LogP contribution in [0.3, 0.4) is 0 Å². The Balaban J connectivity index is 1.55. The van der Waals surface area contributed by atoms with Crippen molar-refractivity contribution >= 4 is 5.91 Å². The van der Waals surface area contributed by atoms with Gasteiger partial charge < -0.3 is 9.64 Å². The summed E-state index contributed by atoms with van der Waals surface area (Å²) in [6, 6.07) is 7.84. The molecule has 1 aliphatic rings. The largest absolute Gasteiger partial charge is 0.437 e. The molecule has 1 aliphatic heterocycles. The molecule has 144 valence electrons. The molecular formula is C21H23N5O2. The summed E-state index contributed by atoms with van der Waals surface area (Å²) in [6.07, 6.45) is 8.54. The Labute approximate surface area is 164 Å². The van der Waals surface area contributed by atoms with Gasteiger partial charge in [0.15, 0.2) is 0 Å². The minimum Gasteiger partial charge on any atom is -0.437 e. The lowest BCUT2D eigenvalue weighted by Crippen LogP contribution is -2.39. The first-order valence-electron chi connectivity index (χ1n) is 9.44. The number of carbonyl (C=O) groups excluding carboxylic acids is 1. The molecule has 0 bridgehead atoms. The molecule has 0 N–H and O–H groups in total. The number of aryl methyl sites for hydroxylation is 2. The van der Waals surface area contributed by atoms with E-state index in [4.69, 9.17) is 4.74 Å². The fraction of sp³-hybridized carbons (Fsp3) is 0.333. The SMILES string of the molecule is Cc1ccccc1Oc1nccnc1[C@@H]1CCCN(C(=O)c2cnn(C)c2)C1. The van der Waals surface area contributed by atoms with Gasteiger partial charge in [0, 0.05) is 44.6 Å². The molecule has 1 amide bonds. The molecule has 1 atom stereocenters. The minimum atomic E-state index is 0.00284. The monoisotopic (exact) mass is 377 g/mol. The fourth-order valence-electron chi connectivity index (χ4n) is 3.57. The van der Waals surface area contributed by atoms with E-state index in [1.165, 1.54) is 0 Å². The van der Waals surface area contributed by atoms with Gasteiger partial charge in [0.2, 0.25) is 5.88 Å². The zero-order valence-corrected chi connectivity index (χ0v) is 16.1. The zero-order chi connectivity index (χ0) is 19.5. The molecule has 0 saturated carbocycles. The Kier molecular flexibility index (Phi) is 5.06. The van der Waals surface area contributed by atoms with Gasteiger partial charge in [-0.15, -0.1) is 0 Å². The second kappa shape index (κ2) is 7.80. The van der Waals surface area contributed by atoms with Crippen molar-refractivity contribution in [3.05, 3.63) is 65.9 Å². The molecule has 0 unspecified atom stereocenters. The molecule has 1 saturated heterocycles. The van der Waals surface area contributed by atoms with Gasteiger partial charge in [-0.2, -0.15) is 5.10 Å². The van der Waals surface area contributed by atoms with Gasteiger partial charge in [-0.3, -0.25) is 14.5 Å². The lowest BCUT2D eigenvalue weighted by atomic mass is 9.94. The van der Waals surface area contributed by atoms with Crippen LogP contribution in [0.5, 0.6) is 11.6 Å². The maximum Gasteiger partial charge on any atom is 0.257 e. The van der Waals surface area contributed by atoms with Crippen LogP contribution in [-0.2, 0) is 7.05 Å². The number of hydrogen-bond acceptors (Lipinski definition) is 5. The van der Waals surface area contributed by atoms with Crippen LogP contribution in [0.15, 0.2) is 49.1 Å². The highest BCUT2D eigenvalue weighted by Crippen LogP contribution is 2.33. The third-order valence-corrected chi connectivity index (χ3v) is 5.04. The van der Waals surface area contributed by atoms with Gasteiger partial charge in [0.1, 0.15) is 11.4 Å². The molecule has 3 heterocycles. The van der Waals surface area contributed by atoms with E-state index < -0.39 is 0 Å². The van der Waals surface area contributed by atoms with E-state index in [0.717, 1.165) is 36.4 Å². The predicted molar refractivity (Wildman–Crippen MR) is 104 cm³/mol. The number of ether oxygens (including phenoxy) is 1. The van der Waals surface area contributed by atoms with Crippen LogP contribution in [0.2, 0.25) is 0 Å². The lowest BCUT2D eigenvalue weighted by molar-refractivity contribution is 0.0704. The van der Waals surface area contributed by atoms with Gasteiger partial charge in [-0.05, 0) is 31.4 Å². The summed E-state index contributed by atoms with van der Waals surface area (Å²) in [5.74, 6) is 1.37. The fourth-order valence-corrected chi connectivity index (χ4v) is 3.57. The predicted octanol–water partition coefficient (Wildman–Crippen LogP) is 3.33. The van der Waals surface area contributed by atoms with Crippen LogP contribution in [0, 0.1) is 6.92 Å². The average molecular weight is 377 g/mol. The number of likely N-dealkylation sites (tertiary alicyclic amines) is 1. The summed E-state index contributed by atoms with van der Waals surface area (Å²) >= 11 is 0. The highest BCUT2D eigenvalue weighted by molar-refractivity contribution is 5.93. The maximum atomic E-state index is 12.8. The van der Waals surface area contributed by atoms with E-state index in [9.17, 15) is 4.79 Å². The van der Waals surface area contributed by atoms with Crippen LogP contribution in [0.1, 0.15) is 40.4 Å². The Morgan fingerprint density at radius 2 is 2.04 bits per heavy atom. The quantitative estimate of drug-likeness (QED) is 0.697. The Morgan fingerprint density at radius 1 is 1.21 bits per heavy atom. The molecule has 0 spiro atoms. The van der Waals surface area contributed by atoms with Crippen molar-refractivity contribution in [3.63, 3.8) is 0 Å². The Bertz CT molecular complexity index is 984. The molecule has 7 heteroatoms.